The van der Waals surface area contributed by atoms with Gasteiger partial charge in [-0.05, 0) is 18.6 Å². The number of carboxylic acid groups (broad SMARTS) is 1. The Morgan fingerprint density at radius 2 is 2.10 bits per heavy atom. The lowest BCUT2D eigenvalue weighted by Gasteiger charge is -2.06. The predicted molar refractivity (Wildman–Crippen MR) is 78.1 cm³/mol. The summed E-state index contributed by atoms with van der Waals surface area (Å²) in [5.41, 5.74) is 0.797. The number of nitrogens with zero attached hydrogens (tertiary/aromatic N) is 3. The second-order valence-electron chi connectivity index (χ2n) is 4.32. The average molecular weight is 291 g/mol. The van der Waals surface area contributed by atoms with Crippen LogP contribution >= 0.6 is 11.8 Å². The van der Waals surface area contributed by atoms with E-state index < -0.39 is 5.97 Å². The number of rotatable bonds is 7. The van der Waals surface area contributed by atoms with Gasteiger partial charge in [0, 0.05) is 10.6 Å². The zero-order chi connectivity index (χ0) is 14.4. The number of aromatic nitrogens is 3. The first-order valence-corrected chi connectivity index (χ1v) is 7.54. The lowest BCUT2D eigenvalue weighted by Crippen LogP contribution is -2.09. The highest BCUT2D eigenvalue weighted by atomic mass is 32.2. The van der Waals surface area contributed by atoms with Crippen molar-refractivity contribution in [3.05, 3.63) is 41.7 Å². The van der Waals surface area contributed by atoms with Crippen molar-refractivity contribution in [2.24, 2.45) is 0 Å². The normalized spacial score (nSPS) is 10.7. The van der Waals surface area contributed by atoms with Crippen molar-refractivity contribution < 1.29 is 9.90 Å². The predicted octanol–water partition coefficient (Wildman–Crippen LogP) is 2.72. The fourth-order valence-electron chi connectivity index (χ4n) is 1.93. The van der Waals surface area contributed by atoms with Crippen molar-refractivity contribution in [3.8, 4) is 0 Å². The van der Waals surface area contributed by atoms with Crippen LogP contribution in [-0.2, 0) is 13.0 Å². The Morgan fingerprint density at radius 1 is 1.35 bits per heavy atom. The first-order valence-electron chi connectivity index (χ1n) is 6.56. The summed E-state index contributed by atoms with van der Waals surface area (Å²) >= 11 is 1.72. The van der Waals surface area contributed by atoms with E-state index in [0.29, 0.717) is 18.7 Å². The standard InChI is InChI=1S/C14H17N3O2S/c1-2-6-12-13(14(18)19)15-16-17(12)9-10-20-11-7-4-3-5-8-11/h3-5,7-8H,2,6,9-10H2,1H3,(H,18,19). The molecule has 0 fully saturated rings. The molecule has 0 spiro atoms. The Balaban J connectivity index is 2.00. The Labute approximate surface area is 122 Å². The van der Waals surface area contributed by atoms with Crippen molar-refractivity contribution in [1.82, 2.24) is 15.0 Å². The molecular formula is C14H17N3O2S. The van der Waals surface area contributed by atoms with Crippen LogP contribution in [0.3, 0.4) is 0 Å². The maximum atomic E-state index is 11.1. The fraction of sp³-hybridized carbons (Fsp3) is 0.357. The lowest BCUT2D eigenvalue weighted by molar-refractivity contribution is 0.0689. The van der Waals surface area contributed by atoms with Gasteiger partial charge in [0.05, 0.1) is 12.2 Å². The Morgan fingerprint density at radius 3 is 2.75 bits per heavy atom. The van der Waals surface area contributed by atoms with E-state index in [1.165, 1.54) is 4.90 Å². The molecular weight excluding hydrogens is 274 g/mol. The molecule has 5 nitrogen and oxygen atoms in total. The molecule has 0 aliphatic heterocycles. The van der Waals surface area contributed by atoms with E-state index in [2.05, 4.69) is 22.4 Å². The minimum Gasteiger partial charge on any atom is -0.476 e. The average Bonchev–Trinajstić information content (AvgIpc) is 2.84. The molecule has 0 bridgehead atoms. The van der Waals surface area contributed by atoms with E-state index in [9.17, 15) is 4.79 Å². The molecule has 0 radical (unpaired) electrons. The molecule has 20 heavy (non-hydrogen) atoms. The second-order valence-corrected chi connectivity index (χ2v) is 5.49. The first-order chi connectivity index (χ1) is 9.72. The highest BCUT2D eigenvalue weighted by molar-refractivity contribution is 7.99. The summed E-state index contributed by atoms with van der Waals surface area (Å²) in [6, 6.07) is 10.1. The van der Waals surface area contributed by atoms with Gasteiger partial charge in [-0.15, -0.1) is 16.9 Å². The minimum atomic E-state index is -1.00. The van der Waals surface area contributed by atoms with Crippen LogP contribution in [0.1, 0.15) is 29.5 Å². The molecule has 0 saturated heterocycles. The van der Waals surface area contributed by atoms with Gasteiger partial charge >= 0.3 is 5.97 Å². The summed E-state index contributed by atoms with van der Waals surface area (Å²) in [5, 5.41) is 16.8. The molecule has 0 aliphatic rings. The number of benzene rings is 1. The minimum absolute atomic E-state index is 0.0801. The van der Waals surface area contributed by atoms with E-state index >= 15 is 0 Å². The molecule has 2 aromatic rings. The van der Waals surface area contributed by atoms with Crippen molar-refractivity contribution in [2.75, 3.05) is 5.75 Å². The molecule has 6 heteroatoms. The number of aromatic carboxylic acids is 1. The van der Waals surface area contributed by atoms with Gasteiger partial charge in [-0.3, -0.25) is 0 Å². The molecule has 0 aliphatic carbocycles. The zero-order valence-corrected chi connectivity index (χ0v) is 12.1. The van der Waals surface area contributed by atoms with Crippen LogP contribution in [0, 0.1) is 0 Å². The third-order valence-electron chi connectivity index (χ3n) is 2.84. The molecule has 0 atom stereocenters. The number of thioether (sulfide) groups is 1. The van der Waals surface area contributed by atoms with Crippen LogP contribution in [0.25, 0.3) is 0 Å². The topological polar surface area (TPSA) is 68.0 Å². The Hall–Kier alpha value is -1.82. The number of hydrogen-bond donors (Lipinski definition) is 1. The van der Waals surface area contributed by atoms with E-state index in [-0.39, 0.29) is 5.69 Å². The first kappa shape index (κ1) is 14.6. The van der Waals surface area contributed by atoms with Gasteiger partial charge in [0.25, 0.3) is 0 Å². The largest absolute Gasteiger partial charge is 0.476 e. The highest BCUT2D eigenvalue weighted by Crippen LogP contribution is 2.18. The fourth-order valence-corrected chi connectivity index (χ4v) is 2.78. The van der Waals surface area contributed by atoms with Crippen LogP contribution in [0.5, 0.6) is 0 Å². The molecule has 1 aromatic heterocycles. The van der Waals surface area contributed by atoms with Gasteiger partial charge < -0.3 is 5.11 Å². The van der Waals surface area contributed by atoms with Gasteiger partial charge in [-0.25, -0.2) is 9.48 Å². The number of carboxylic acids is 1. The van der Waals surface area contributed by atoms with Crippen LogP contribution in [0.4, 0.5) is 0 Å². The summed E-state index contributed by atoms with van der Waals surface area (Å²) < 4.78 is 1.71. The van der Waals surface area contributed by atoms with Gasteiger partial charge in [0.1, 0.15) is 0 Å². The molecule has 0 amide bonds. The van der Waals surface area contributed by atoms with Crippen molar-refractivity contribution in [1.29, 1.82) is 0 Å². The Kier molecular flexibility index (Phi) is 5.17. The highest BCUT2D eigenvalue weighted by Gasteiger charge is 2.17. The van der Waals surface area contributed by atoms with Crippen LogP contribution < -0.4 is 0 Å². The third kappa shape index (κ3) is 3.60. The number of carbonyl (C=O) groups is 1. The van der Waals surface area contributed by atoms with E-state index in [1.54, 1.807) is 16.4 Å². The SMILES string of the molecule is CCCc1c(C(=O)O)nnn1CCSc1ccccc1. The van der Waals surface area contributed by atoms with E-state index in [1.807, 2.05) is 25.1 Å². The van der Waals surface area contributed by atoms with Crippen molar-refractivity contribution in [2.45, 2.75) is 31.2 Å². The monoisotopic (exact) mass is 291 g/mol. The molecule has 106 valence electrons. The van der Waals surface area contributed by atoms with Gasteiger partial charge in [-0.1, -0.05) is 36.8 Å². The summed E-state index contributed by atoms with van der Waals surface area (Å²) in [6.45, 7) is 2.68. The molecule has 0 saturated carbocycles. The maximum Gasteiger partial charge on any atom is 0.358 e. The lowest BCUT2D eigenvalue weighted by atomic mass is 10.2. The van der Waals surface area contributed by atoms with Gasteiger partial charge in [-0.2, -0.15) is 0 Å². The summed E-state index contributed by atoms with van der Waals surface area (Å²) in [5.74, 6) is -0.168. The maximum absolute atomic E-state index is 11.1. The van der Waals surface area contributed by atoms with Crippen LogP contribution in [0.2, 0.25) is 0 Å². The zero-order valence-electron chi connectivity index (χ0n) is 11.3. The van der Waals surface area contributed by atoms with Gasteiger partial charge in [0.2, 0.25) is 0 Å². The molecule has 1 aromatic carbocycles. The smallest absolute Gasteiger partial charge is 0.358 e. The summed E-state index contributed by atoms with van der Waals surface area (Å²) in [6.07, 6.45) is 1.56. The molecule has 1 heterocycles. The Bertz CT molecular complexity index is 569. The van der Waals surface area contributed by atoms with Crippen LogP contribution in [-0.4, -0.2) is 31.8 Å². The quantitative estimate of drug-likeness (QED) is 0.794. The number of hydrogen-bond acceptors (Lipinski definition) is 4. The van der Waals surface area contributed by atoms with Crippen LogP contribution in [0.15, 0.2) is 35.2 Å². The van der Waals surface area contributed by atoms with E-state index in [4.69, 9.17) is 5.11 Å². The van der Waals surface area contributed by atoms with Crippen molar-refractivity contribution in [3.63, 3.8) is 0 Å². The van der Waals surface area contributed by atoms with Crippen molar-refractivity contribution >= 4 is 17.7 Å². The molecule has 2 rings (SSSR count). The second kappa shape index (κ2) is 7.09. The molecule has 1 N–H and O–H groups in total. The summed E-state index contributed by atoms with van der Waals surface area (Å²) in [4.78, 5) is 12.3. The number of aryl methyl sites for hydroxylation is 1. The van der Waals surface area contributed by atoms with E-state index in [0.717, 1.165) is 12.2 Å². The third-order valence-corrected chi connectivity index (χ3v) is 3.83. The van der Waals surface area contributed by atoms with Gasteiger partial charge in [0.15, 0.2) is 5.69 Å². The summed E-state index contributed by atoms with van der Waals surface area (Å²) in [7, 11) is 0. The molecule has 0 unspecified atom stereocenters.